The number of hydrogen-bond acceptors (Lipinski definition) is 4. The molecule has 0 saturated heterocycles. The zero-order valence-electron chi connectivity index (χ0n) is 11.3. The number of nitrogens with one attached hydrogen (secondary N) is 1. The molecule has 2 N–H and O–H groups in total. The molecule has 2 rings (SSSR count). The van der Waals surface area contributed by atoms with Crippen LogP contribution in [0.4, 0.5) is 0 Å². The Morgan fingerprint density at radius 3 is 3.10 bits per heavy atom. The number of carbonyl (C=O) groups is 1. The van der Waals surface area contributed by atoms with Gasteiger partial charge in [0.25, 0.3) is 5.91 Å². The number of aliphatic hydroxyl groups excluding tert-OH is 1. The molecule has 1 heterocycles. The van der Waals surface area contributed by atoms with Crippen molar-refractivity contribution < 1.29 is 14.6 Å². The van der Waals surface area contributed by atoms with Crippen molar-refractivity contribution in [1.29, 1.82) is 0 Å². The van der Waals surface area contributed by atoms with Crippen molar-refractivity contribution in [1.82, 2.24) is 10.3 Å². The fourth-order valence-corrected chi connectivity index (χ4v) is 1.65. The predicted octanol–water partition coefficient (Wildman–Crippen LogP) is 0.582. The maximum absolute atomic E-state index is 11.9. The molecule has 0 aromatic carbocycles. The molecule has 0 atom stereocenters. The Morgan fingerprint density at radius 2 is 2.35 bits per heavy atom. The Labute approximate surface area is 118 Å². The van der Waals surface area contributed by atoms with E-state index < -0.39 is 0 Å². The predicted molar refractivity (Wildman–Crippen MR) is 74.1 cm³/mol. The highest BCUT2D eigenvalue weighted by Crippen LogP contribution is 2.28. The average molecular weight is 274 g/mol. The number of nitrogens with zero attached hydrogens (tertiary/aromatic N) is 1. The monoisotopic (exact) mass is 274 g/mol. The molecular formula is C15H18N2O3. The van der Waals surface area contributed by atoms with E-state index in [2.05, 4.69) is 22.1 Å². The fraction of sp³-hybridized carbons (Fsp3) is 0.467. The van der Waals surface area contributed by atoms with E-state index in [1.54, 1.807) is 12.3 Å². The maximum atomic E-state index is 11.9. The lowest BCUT2D eigenvalue weighted by Crippen LogP contribution is -2.27. The van der Waals surface area contributed by atoms with Gasteiger partial charge >= 0.3 is 0 Å². The molecule has 1 aliphatic carbocycles. The third-order valence-electron chi connectivity index (χ3n) is 2.89. The lowest BCUT2D eigenvalue weighted by molar-refractivity contribution is 0.0906. The molecule has 20 heavy (non-hydrogen) atoms. The number of hydrogen-bond donors (Lipinski definition) is 2. The molecular weight excluding hydrogens is 256 g/mol. The summed E-state index contributed by atoms with van der Waals surface area (Å²) in [6, 6.07) is 1.65. The summed E-state index contributed by atoms with van der Waals surface area (Å²) in [6.07, 6.45) is 5.57. The number of carbonyl (C=O) groups excluding carboxylic acids is 1. The molecule has 5 heteroatoms. The summed E-state index contributed by atoms with van der Waals surface area (Å²) in [7, 11) is 0. The van der Waals surface area contributed by atoms with Crippen molar-refractivity contribution >= 4 is 5.91 Å². The first-order valence-electron chi connectivity index (χ1n) is 6.70. The molecule has 1 aromatic rings. The summed E-state index contributed by atoms with van der Waals surface area (Å²) in [5, 5.41) is 11.4. The maximum Gasteiger partial charge on any atom is 0.252 e. The minimum absolute atomic E-state index is 0.194. The van der Waals surface area contributed by atoms with Crippen molar-refractivity contribution in [2.24, 2.45) is 5.92 Å². The normalized spacial score (nSPS) is 13.4. The first-order chi connectivity index (χ1) is 9.79. The van der Waals surface area contributed by atoms with Crippen LogP contribution in [-0.2, 0) is 4.74 Å². The topological polar surface area (TPSA) is 71.5 Å². The number of aromatic nitrogens is 1. The molecule has 106 valence electrons. The second kappa shape index (κ2) is 7.63. The SMILES string of the molecule is O=C(NCCOCC1CC1)c1cncc(C#CCO)c1. The molecule has 0 radical (unpaired) electrons. The highest BCUT2D eigenvalue weighted by Gasteiger charge is 2.20. The Hall–Kier alpha value is -1.90. The largest absolute Gasteiger partial charge is 0.384 e. The highest BCUT2D eigenvalue weighted by molar-refractivity contribution is 5.94. The summed E-state index contributed by atoms with van der Waals surface area (Å²) < 4.78 is 5.44. The van der Waals surface area contributed by atoms with E-state index in [9.17, 15) is 4.79 Å². The van der Waals surface area contributed by atoms with Gasteiger partial charge in [-0.3, -0.25) is 9.78 Å². The van der Waals surface area contributed by atoms with Crippen LogP contribution < -0.4 is 5.32 Å². The van der Waals surface area contributed by atoms with Crippen molar-refractivity contribution in [3.63, 3.8) is 0 Å². The molecule has 1 aromatic heterocycles. The van der Waals surface area contributed by atoms with Crippen LogP contribution in [0.5, 0.6) is 0 Å². The van der Waals surface area contributed by atoms with Crippen LogP contribution in [0.3, 0.4) is 0 Å². The van der Waals surface area contributed by atoms with Gasteiger partial charge in [0.1, 0.15) is 6.61 Å². The van der Waals surface area contributed by atoms with E-state index in [4.69, 9.17) is 9.84 Å². The number of aliphatic hydroxyl groups is 1. The first kappa shape index (κ1) is 14.5. The minimum atomic E-state index is -0.214. The van der Waals surface area contributed by atoms with E-state index >= 15 is 0 Å². The van der Waals surface area contributed by atoms with Gasteiger partial charge in [-0.1, -0.05) is 11.8 Å². The first-order valence-corrected chi connectivity index (χ1v) is 6.70. The number of amides is 1. The summed E-state index contributed by atoms with van der Waals surface area (Å²) in [5.74, 6) is 5.78. The molecule has 0 aliphatic heterocycles. The van der Waals surface area contributed by atoms with Gasteiger partial charge in [0, 0.05) is 31.1 Å². The Bertz CT molecular complexity index is 515. The van der Waals surface area contributed by atoms with Gasteiger partial charge in [0.05, 0.1) is 12.2 Å². The Balaban J connectivity index is 1.75. The average Bonchev–Trinajstić information content (AvgIpc) is 3.29. The molecule has 1 fully saturated rings. The number of ether oxygens (including phenoxy) is 1. The van der Waals surface area contributed by atoms with E-state index in [1.807, 2.05) is 0 Å². The molecule has 1 aliphatic rings. The van der Waals surface area contributed by atoms with Crippen LogP contribution in [0.15, 0.2) is 18.5 Å². The minimum Gasteiger partial charge on any atom is -0.384 e. The molecule has 0 spiro atoms. The Kier molecular flexibility index (Phi) is 5.54. The van der Waals surface area contributed by atoms with Crippen LogP contribution in [-0.4, -0.2) is 42.4 Å². The summed E-state index contributed by atoms with van der Waals surface area (Å²) in [4.78, 5) is 15.8. The van der Waals surface area contributed by atoms with Gasteiger partial charge in [-0.05, 0) is 24.8 Å². The van der Waals surface area contributed by atoms with Crippen LogP contribution in [0.1, 0.15) is 28.8 Å². The zero-order chi connectivity index (χ0) is 14.2. The number of rotatable bonds is 6. The molecule has 5 nitrogen and oxygen atoms in total. The van der Waals surface area contributed by atoms with Crippen LogP contribution in [0, 0.1) is 17.8 Å². The van der Waals surface area contributed by atoms with E-state index in [0.717, 1.165) is 12.5 Å². The van der Waals surface area contributed by atoms with E-state index in [-0.39, 0.29) is 12.5 Å². The van der Waals surface area contributed by atoms with Crippen molar-refractivity contribution in [3.05, 3.63) is 29.6 Å². The third-order valence-corrected chi connectivity index (χ3v) is 2.89. The summed E-state index contributed by atoms with van der Waals surface area (Å²) >= 11 is 0. The van der Waals surface area contributed by atoms with Gasteiger partial charge in [0.15, 0.2) is 0 Å². The number of pyridine rings is 1. The molecule has 0 unspecified atom stereocenters. The zero-order valence-corrected chi connectivity index (χ0v) is 11.3. The molecule has 1 amide bonds. The second-order valence-electron chi connectivity index (χ2n) is 4.70. The van der Waals surface area contributed by atoms with Gasteiger partial charge in [-0.15, -0.1) is 0 Å². The molecule has 1 saturated carbocycles. The van der Waals surface area contributed by atoms with Gasteiger partial charge < -0.3 is 15.2 Å². The smallest absolute Gasteiger partial charge is 0.252 e. The van der Waals surface area contributed by atoms with E-state index in [0.29, 0.717) is 24.3 Å². The van der Waals surface area contributed by atoms with Crippen LogP contribution >= 0.6 is 0 Å². The fourth-order valence-electron chi connectivity index (χ4n) is 1.65. The van der Waals surface area contributed by atoms with Crippen molar-refractivity contribution in [3.8, 4) is 11.8 Å². The standard InChI is InChI=1S/C15H18N2O3/c18-6-1-2-13-8-14(10-16-9-13)15(19)17-5-7-20-11-12-3-4-12/h8-10,12,18H,3-7,11H2,(H,17,19). The summed E-state index contributed by atoms with van der Waals surface area (Å²) in [6.45, 7) is 1.59. The summed E-state index contributed by atoms with van der Waals surface area (Å²) in [5.41, 5.74) is 1.06. The lowest BCUT2D eigenvalue weighted by Gasteiger charge is -2.06. The third kappa shape index (κ3) is 5.00. The van der Waals surface area contributed by atoms with Crippen LogP contribution in [0.2, 0.25) is 0 Å². The molecule has 0 bridgehead atoms. The lowest BCUT2D eigenvalue weighted by atomic mass is 10.2. The van der Waals surface area contributed by atoms with Gasteiger partial charge in [-0.2, -0.15) is 0 Å². The highest BCUT2D eigenvalue weighted by atomic mass is 16.5. The van der Waals surface area contributed by atoms with Crippen molar-refractivity contribution in [2.75, 3.05) is 26.4 Å². The second-order valence-corrected chi connectivity index (χ2v) is 4.70. The Morgan fingerprint density at radius 1 is 1.50 bits per heavy atom. The quantitative estimate of drug-likeness (QED) is 0.588. The van der Waals surface area contributed by atoms with Crippen molar-refractivity contribution in [2.45, 2.75) is 12.8 Å². The van der Waals surface area contributed by atoms with Gasteiger partial charge in [-0.25, -0.2) is 0 Å². The van der Waals surface area contributed by atoms with E-state index in [1.165, 1.54) is 19.0 Å². The van der Waals surface area contributed by atoms with Gasteiger partial charge in [0.2, 0.25) is 0 Å². The van der Waals surface area contributed by atoms with Crippen LogP contribution in [0.25, 0.3) is 0 Å².